The van der Waals surface area contributed by atoms with Gasteiger partial charge >= 0.3 is 0 Å². The van der Waals surface area contributed by atoms with Crippen LogP contribution in [0.3, 0.4) is 0 Å². The van der Waals surface area contributed by atoms with Crippen LogP contribution < -0.4 is 5.32 Å². The third-order valence-corrected chi connectivity index (χ3v) is 5.66. The van der Waals surface area contributed by atoms with Gasteiger partial charge < -0.3 is 0 Å². The molecule has 146 valence electrons. The van der Waals surface area contributed by atoms with Gasteiger partial charge in [0.25, 0.3) is 5.91 Å². The summed E-state index contributed by atoms with van der Waals surface area (Å²) in [6.45, 7) is 7.64. The Morgan fingerprint density at radius 1 is 1.21 bits per heavy atom. The number of hydrogen-bond donors (Lipinski definition) is 1. The number of benzene rings is 1. The van der Waals surface area contributed by atoms with Crippen molar-refractivity contribution in [3.05, 3.63) is 53.3 Å². The fourth-order valence-electron chi connectivity index (χ4n) is 3.82. The lowest BCUT2D eigenvalue weighted by Gasteiger charge is -2.34. The number of carbonyl (C=O) groups is 1. The van der Waals surface area contributed by atoms with Gasteiger partial charge in [0.05, 0.1) is 17.6 Å². The maximum Gasteiger partial charge on any atom is 0.279 e. The van der Waals surface area contributed by atoms with Crippen LogP contribution in [0.2, 0.25) is 0 Å². The summed E-state index contributed by atoms with van der Waals surface area (Å²) in [5.74, 6) is 1.13. The zero-order chi connectivity index (χ0) is 19.5. The van der Waals surface area contributed by atoms with E-state index in [0.717, 1.165) is 31.0 Å². The second kappa shape index (κ2) is 8.20. The van der Waals surface area contributed by atoms with Crippen molar-refractivity contribution in [3.8, 4) is 5.69 Å². The Balaban J connectivity index is 1.37. The zero-order valence-corrected chi connectivity index (χ0v) is 16.9. The van der Waals surface area contributed by atoms with Crippen LogP contribution in [0.15, 0.2) is 41.9 Å². The van der Waals surface area contributed by atoms with Crippen LogP contribution in [0.1, 0.15) is 36.5 Å². The molecule has 0 saturated carbocycles. The van der Waals surface area contributed by atoms with Gasteiger partial charge in [-0.3, -0.25) is 15.0 Å². The van der Waals surface area contributed by atoms with E-state index >= 15 is 0 Å². The Labute approximate surface area is 168 Å². The fourth-order valence-corrected chi connectivity index (χ4v) is 4.52. The molecule has 0 aliphatic carbocycles. The molecule has 2 atom stereocenters. The normalized spacial score (nSPS) is 20.2. The largest absolute Gasteiger partial charge is 0.297 e. The van der Waals surface area contributed by atoms with E-state index in [1.54, 1.807) is 10.9 Å². The summed E-state index contributed by atoms with van der Waals surface area (Å²) in [5, 5.41) is 13.4. The Kier molecular flexibility index (Phi) is 5.50. The van der Waals surface area contributed by atoms with E-state index < -0.39 is 0 Å². The molecule has 1 amide bonds. The van der Waals surface area contributed by atoms with Gasteiger partial charge in [-0.05, 0) is 30.4 Å². The molecule has 0 bridgehead atoms. The van der Waals surface area contributed by atoms with Crippen molar-refractivity contribution in [1.82, 2.24) is 24.9 Å². The van der Waals surface area contributed by atoms with Gasteiger partial charge in [0.1, 0.15) is 0 Å². The first kappa shape index (κ1) is 18.8. The third kappa shape index (κ3) is 4.45. The Hall–Kier alpha value is -2.58. The molecule has 28 heavy (non-hydrogen) atoms. The van der Waals surface area contributed by atoms with Gasteiger partial charge in [-0.25, -0.2) is 9.67 Å². The Morgan fingerprint density at radius 2 is 1.96 bits per heavy atom. The summed E-state index contributed by atoms with van der Waals surface area (Å²) in [7, 11) is 0. The number of rotatable bonds is 5. The first-order valence-electron chi connectivity index (χ1n) is 9.52. The van der Waals surface area contributed by atoms with Crippen molar-refractivity contribution in [1.29, 1.82) is 0 Å². The van der Waals surface area contributed by atoms with E-state index in [9.17, 15) is 4.79 Å². The number of nitrogens with zero attached hydrogens (tertiary/aromatic N) is 5. The van der Waals surface area contributed by atoms with Gasteiger partial charge in [-0.1, -0.05) is 37.3 Å². The maximum atomic E-state index is 12.5. The minimum Gasteiger partial charge on any atom is -0.297 e. The number of thiazole rings is 1. The molecule has 3 aromatic rings. The molecule has 2 aromatic heterocycles. The molecule has 1 N–H and O–H groups in total. The SMILES string of the molecule is CC1CC(C)CN(Cc2csc(NC(=O)c3cn(-c4ccccc4)nn3)n2)C1. The summed E-state index contributed by atoms with van der Waals surface area (Å²) in [6.07, 6.45) is 2.91. The maximum absolute atomic E-state index is 12.5. The number of carbonyl (C=O) groups excluding carboxylic acids is 1. The number of hydrogen-bond acceptors (Lipinski definition) is 6. The third-order valence-electron chi connectivity index (χ3n) is 4.85. The lowest BCUT2D eigenvalue weighted by Crippen LogP contribution is -2.38. The first-order chi connectivity index (χ1) is 13.6. The molecule has 1 saturated heterocycles. The number of aromatic nitrogens is 4. The lowest BCUT2D eigenvalue weighted by atomic mass is 9.92. The fraction of sp³-hybridized carbons (Fsp3) is 0.400. The average molecular weight is 397 g/mol. The molecule has 7 nitrogen and oxygen atoms in total. The van der Waals surface area contributed by atoms with E-state index in [1.807, 2.05) is 35.7 Å². The predicted octanol–water partition coefficient (Wildman–Crippen LogP) is 3.45. The summed E-state index contributed by atoms with van der Waals surface area (Å²) < 4.78 is 1.58. The summed E-state index contributed by atoms with van der Waals surface area (Å²) in [6, 6.07) is 9.58. The molecule has 2 unspecified atom stereocenters. The van der Waals surface area contributed by atoms with Crippen LogP contribution in [0.25, 0.3) is 5.69 Å². The van der Waals surface area contributed by atoms with Crippen LogP contribution in [-0.4, -0.2) is 43.9 Å². The molecule has 1 aliphatic rings. The van der Waals surface area contributed by atoms with Gasteiger partial charge in [0.15, 0.2) is 10.8 Å². The minimum atomic E-state index is -0.303. The number of para-hydroxylation sites is 1. The monoisotopic (exact) mass is 396 g/mol. The van der Waals surface area contributed by atoms with Crippen molar-refractivity contribution in [2.45, 2.75) is 26.8 Å². The molecule has 4 rings (SSSR count). The quantitative estimate of drug-likeness (QED) is 0.715. The zero-order valence-electron chi connectivity index (χ0n) is 16.1. The van der Waals surface area contributed by atoms with Gasteiger partial charge in [0.2, 0.25) is 0 Å². The molecule has 0 spiro atoms. The summed E-state index contributed by atoms with van der Waals surface area (Å²) in [4.78, 5) is 19.5. The van der Waals surface area contributed by atoms with Crippen LogP contribution in [-0.2, 0) is 6.54 Å². The van der Waals surface area contributed by atoms with E-state index in [4.69, 9.17) is 0 Å². The Morgan fingerprint density at radius 3 is 2.71 bits per heavy atom. The number of likely N-dealkylation sites (tertiary alicyclic amines) is 1. The second-order valence-electron chi connectivity index (χ2n) is 7.62. The number of piperidine rings is 1. The minimum absolute atomic E-state index is 0.263. The van der Waals surface area contributed by atoms with Crippen molar-refractivity contribution >= 4 is 22.4 Å². The van der Waals surface area contributed by atoms with Crippen molar-refractivity contribution in [2.75, 3.05) is 18.4 Å². The van der Waals surface area contributed by atoms with Crippen LogP contribution in [0.5, 0.6) is 0 Å². The smallest absolute Gasteiger partial charge is 0.279 e. The highest BCUT2D eigenvalue weighted by atomic mass is 32.1. The van der Waals surface area contributed by atoms with Gasteiger partial charge in [0, 0.05) is 25.0 Å². The summed E-state index contributed by atoms with van der Waals surface area (Å²) >= 11 is 1.44. The summed E-state index contributed by atoms with van der Waals surface area (Å²) in [5.41, 5.74) is 2.12. The van der Waals surface area contributed by atoms with E-state index in [2.05, 4.69) is 39.4 Å². The van der Waals surface area contributed by atoms with Gasteiger partial charge in [-0.2, -0.15) is 0 Å². The van der Waals surface area contributed by atoms with E-state index in [0.29, 0.717) is 17.0 Å². The molecule has 8 heteroatoms. The number of amides is 1. The van der Waals surface area contributed by atoms with Crippen molar-refractivity contribution < 1.29 is 4.79 Å². The molecule has 1 fully saturated rings. The van der Waals surface area contributed by atoms with E-state index in [1.165, 1.54) is 17.8 Å². The Bertz CT molecular complexity index is 927. The molecular formula is C20H24N6OS. The highest BCUT2D eigenvalue weighted by Gasteiger charge is 2.22. The molecule has 1 aliphatic heterocycles. The molecule has 0 radical (unpaired) electrons. The van der Waals surface area contributed by atoms with Crippen LogP contribution in [0.4, 0.5) is 5.13 Å². The average Bonchev–Trinajstić information content (AvgIpc) is 3.31. The predicted molar refractivity (Wildman–Crippen MR) is 110 cm³/mol. The first-order valence-corrected chi connectivity index (χ1v) is 10.4. The number of nitrogens with one attached hydrogen (secondary N) is 1. The molecule has 3 heterocycles. The standard InChI is InChI=1S/C20H24N6OS/c1-14-8-15(2)10-25(9-14)11-16-13-28-20(21-16)22-19(27)18-12-26(24-23-18)17-6-4-3-5-7-17/h3-7,12-15H,8-11H2,1-2H3,(H,21,22,27). The second-order valence-corrected chi connectivity index (χ2v) is 8.48. The van der Waals surface area contributed by atoms with Crippen LogP contribution >= 0.6 is 11.3 Å². The lowest BCUT2D eigenvalue weighted by molar-refractivity contribution is 0.102. The van der Waals surface area contributed by atoms with Gasteiger partial charge in [-0.15, -0.1) is 16.4 Å². The number of anilines is 1. The molecular weight excluding hydrogens is 372 g/mol. The topological polar surface area (TPSA) is 75.9 Å². The molecule has 1 aromatic carbocycles. The van der Waals surface area contributed by atoms with Crippen molar-refractivity contribution in [3.63, 3.8) is 0 Å². The highest BCUT2D eigenvalue weighted by molar-refractivity contribution is 7.13. The van der Waals surface area contributed by atoms with Crippen molar-refractivity contribution in [2.24, 2.45) is 11.8 Å². The van der Waals surface area contributed by atoms with Crippen LogP contribution in [0, 0.1) is 11.8 Å². The highest BCUT2D eigenvalue weighted by Crippen LogP contribution is 2.24. The van der Waals surface area contributed by atoms with E-state index in [-0.39, 0.29) is 11.6 Å².